The van der Waals surface area contributed by atoms with Crippen molar-refractivity contribution in [1.29, 1.82) is 0 Å². The number of halogens is 3. The fraction of sp³-hybridized carbons (Fsp3) is 0.333. The van der Waals surface area contributed by atoms with Crippen LogP contribution in [0.1, 0.15) is 11.4 Å². The van der Waals surface area contributed by atoms with Crippen LogP contribution in [0.5, 0.6) is 5.75 Å². The van der Waals surface area contributed by atoms with E-state index in [4.69, 9.17) is 9.26 Å². The van der Waals surface area contributed by atoms with Crippen LogP contribution in [0.4, 0.5) is 18.9 Å². The van der Waals surface area contributed by atoms with Gasteiger partial charge in [-0.2, -0.15) is 18.2 Å². The van der Waals surface area contributed by atoms with Gasteiger partial charge in [0, 0.05) is 31.7 Å². The zero-order chi connectivity index (χ0) is 21.1. The van der Waals surface area contributed by atoms with E-state index in [1.165, 1.54) is 12.1 Å². The molecule has 0 spiro atoms. The standard InChI is InChI=1S/C21H21F3N4O2/c1-29-18-5-3-2-4-17(18)28-12-10-27(11-13-28)14-19-25-20(30-26-19)15-6-8-16(9-7-15)21(22,23)24/h2-9H,10-14H2,1H3. The predicted molar refractivity (Wildman–Crippen MR) is 105 cm³/mol. The number of hydrogen-bond donors (Lipinski definition) is 0. The van der Waals surface area contributed by atoms with E-state index in [2.05, 4.69) is 19.9 Å². The molecule has 3 aromatic rings. The molecule has 30 heavy (non-hydrogen) atoms. The van der Waals surface area contributed by atoms with Gasteiger partial charge in [-0.25, -0.2) is 0 Å². The first kappa shape index (κ1) is 20.2. The van der Waals surface area contributed by atoms with Crippen molar-refractivity contribution in [3.63, 3.8) is 0 Å². The molecule has 0 aliphatic carbocycles. The van der Waals surface area contributed by atoms with Gasteiger partial charge in [0.05, 0.1) is 24.9 Å². The summed E-state index contributed by atoms with van der Waals surface area (Å²) in [7, 11) is 1.67. The summed E-state index contributed by atoms with van der Waals surface area (Å²) in [6.07, 6.45) is -4.37. The van der Waals surface area contributed by atoms with Gasteiger partial charge in [0.25, 0.3) is 5.89 Å². The molecule has 0 radical (unpaired) electrons. The highest BCUT2D eigenvalue weighted by Gasteiger charge is 2.30. The Bertz CT molecular complexity index is 980. The summed E-state index contributed by atoms with van der Waals surface area (Å²) in [5, 5.41) is 3.98. The Balaban J connectivity index is 1.36. The molecule has 2 heterocycles. The number of benzene rings is 2. The quantitative estimate of drug-likeness (QED) is 0.622. The van der Waals surface area contributed by atoms with Crippen molar-refractivity contribution in [1.82, 2.24) is 15.0 Å². The van der Waals surface area contributed by atoms with Crippen molar-refractivity contribution in [2.75, 3.05) is 38.2 Å². The molecule has 0 N–H and O–H groups in total. The highest BCUT2D eigenvalue weighted by Crippen LogP contribution is 2.31. The summed E-state index contributed by atoms with van der Waals surface area (Å²) >= 11 is 0. The number of alkyl halides is 3. The lowest BCUT2D eigenvalue weighted by molar-refractivity contribution is -0.137. The number of nitrogens with zero attached hydrogens (tertiary/aromatic N) is 4. The second-order valence-corrected chi connectivity index (χ2v) is 7.03. The Labute approximate surface area is 171 Å². The summed E-state index contributed by atoms with van der Waals surface area (Å²) in [6, 6.07) is 12.6. The Hall–Kier alpha value is -3.07. The molecule has 0 atom stereocenters. The summed E-state index contributed by atoms with van der Waals surface area (Å²) in [4.78, 5) is 8.83. The third-order valence-corrected chi connectivity index (χ3v) is 5.09. The van der Waals surface area contributed by atoms with Crippen LogP contribution >= 0.6 is 0 Å². The largest absolute Gasteiger partial charge is 0.495 e. The van der Waals surface area contributed by atoms with E-state index in [0.29, 0.717) is 17.9 Å². The van der Waals surface area contributed by atoms with Crippen molar-refractivity contribution < 1.29 is 22.4 Å². The van der Waals surface area contributed by atoms with Gasteiger partial charge in [0.2, 0.25) is 0 Å². The van der Waals surface area contributed by atoms with E-state index in [9.17, 15) is 13.2 Å². The molecule has 1 aromatic heterocycles. The number of methoxy groups -OCH3 is 1. The van der Waals surface area contributed by atoms with E-state index in [1.54, 1.807) is 7.11 Å². The minimum Gasteiger partial charge on any atom is -0.495 e. The number of rotatable bonds is 5. The molecule has 158 valence electrons. The number of aromatic nitrogens is 2. The van der Waals surface area contributed by atoms with Crippen molar-refractivity contribution >= 4 is 5.69 Å². The number of piperazine rings is 1. The van der Waals surface area contributed by atoms with E-state index in [-0.39, 0.29) is 5.89 Å². The van der Waals surface area contributed by atoms with Crippen LogP contribution in [0.2, 0.25) is 0 Å². The molecule has 0 bridgehead atoms. The van der Waals surface area contributed by atoms with Crippen LogP contribution in [0.15, 0.2) is 53.1 Å². The Kier molecular flexibility index (Phi) is 5.63. The number of hydrogen-bond acceptors (Lipinski definition) is 6. The fourth-order valence-corrected chi connectivity index (χ4v) is 3.48. The van der Waals surface area contributed by atoms with Crippen molar-refractivity contribution in [2.24, 2.45) is 0 Å². The zero-order valence-corrected chi connectivity index (χ0v) is 16.4. The minimum absolute atomic E-state index is 0.214. The van der Waals surface area contributed by atoms with Crippen LogP contribution < -0.4 is 9.64 Å². The number of ether oxygens (including phenoxy) is 1. The summed E-state index contributed by atoms with van der Waals surface area (Å²) in [6.45, 7) is 3.84. The third kappa shape index (κ3) is 4.40. The Morgan fingerprint density at radius 2 is 1.70 bits per heavy atom. The minimum atomic E-state index is -4.37. The average Bonchev–Trinajstić information content (AvgIpc) is 3.22. The van der Waals surface area contributed by atoms with Gasteiger partial charge in [-0.05, 0) is 36.4 Å². The molecule has 1 fully saturated rings. The highest BCUT2D eigenvalue weighted by atomic mass is 19.4. The van der Waals surface area contributed by atoms with E-state index >= 15 is 0 Å². The van der Waals surface area contributed by atoms with Crippen LogP contribution in [0, 0.1) is 0 Å². The fourth-order valence-electron chi connectivity index (χ4n) is 3.48. The van der Waals surface area contributed by atoms with Gasteiger partial charge in [-0.3, -0.25) is 4.90 Å². The lowest BCUT2D eigenvalue weighted by atomic mass is 10.1. The highest BCUT2D eigenvalue weighted by molar-refractivity contribution is 5.58. The maximum Gasteiger partial charge on any atom is 0.416 e. The molecule has 4 rings (SSSR count). The zero-order valence-electron chi connectivity index (χ0n) is 16.4. The molecule has 0 amide bonds. The van der Waals surface area contributed by atoms with Gasteiger partial charge in [-0.15, -0.1) is 0 Å². The first-order valence-corrected chi connectivity index (χ1v) is 9.54. The second kappa shape index (κ2) is 8.35. The maximum absolute atomic E-state index is 12.7. The molecule has 0 unspecified atom stereocenters. The Morgan fingerprint density at radius 3 is 2.37 bits per heavy atom. The topological polar surface area (TPSA) is 54.6 Å². The summed E-state index contributed by atoms with van der Waals surface area (Å²) in [5.41, 5.74) is 0.824. The van der Waals surface area contributed by atoms with E-state index in [0.717, 1.165) is 49.7 Å². The van der Waals surface area contributed by atoms with Gasteiger partial charge in [0.15, 0.2) is 5.82 Å². The van der Waals surface area contributed by atoms with Gasteiger partial charge in [-0.1, -0.05) is 17.3 Å². The normalized spacial score (nSPS) is 15.4. The second-order valence-electron chi connectivity index (χ2n) is 7.03. The van der Waals surface area contributed by atoms with E-state index < -0.39 is 11.7 Å². The predicted octanol–water partition coefficient (Wildman–Crippen LogP) is 4.09. The molecular formula is C21H21F3N4O2. The molecule has 6 nitrogen and oxygen atoms in total. The van der Waals surface area contributed by atoms with Crippen molar-refractivity contribution in [3.8, 4) is 17.2 Å². The molecule has 0 saturated carbocycles. The van der Waals surface area contributed by atoms with Gasteiger partial charge < -0.3 is 14.2 Å². The molecule has 1 aliphatic rings. The number of anilines is 1. The monoisotopic (exact) mass is 418 g/mol. The van der Waals surface area contributed by atoms with Gasteiger partial charge in [0.1, 0.15) is 5.75 Å². The smallest absolute Gasteiger partial charge is 0.416 e. The first-order valence-electron chi connectivity index (χ1n) is 9.54. The van der Waals surface area contributed by atoms with Crippen LogP contribution in [0.25, 0.3) is 11.5 Å². The van der Waals surface area contributed by atoms with Crippen molar-refractivity contribution in [2.45, 2.75) is 12.7 Å². The molecule has 2 aromatic carbocycles. The van der Waals surface area contributed by atoms with Crippen LogP contribution in [-0.2, 0) is 12.7 Å². The maximum atomic E-state index is 12.7. The summed E-state index contributed by atoms with van der Waals surface area (Å²) in [5.74, 6) is 1.58. The van der Waals surface area contributed by atoms with Crippen LogP contribution in [0.3, 0.4) is 0 Å². The van der Waals surface area contributed by atoms with Crippen molar-refractivity contribution in [3.05, 3.63) is 59.9 Å². The number of para-hydroxylation sites is 2. The lowest BCUT2D eigenvalue weighted by Gasteiger charge is -2.36. The Morgan fingerprint density at radius 1 is 1.00 bits per heavy atom. The third-order valence-electron chi connectivity index (χ3n) is 5.09. The molecule has 9 heteroatoms. The summed E-state index contributed by atoms with van der Waals surface area (Å²) < 4.78 is 48.8. The van der Waals surface area contributed by atoms with Crippen LogP contribution in [-0.4, -0.2) is 48.3 Å². The SMILES string of the molecule is COc1ccccc1N1CCN(Cc2noc(-c3ccc(C(F)(F)F)cc3)n2)CC1. The van der Waals surface area contributed by atoms with Gasteiger partial charge >= 0.3 is 6.18 Å². The first-order chi connectivity index (χ1) is 14.4. The molecule has 1 aliphatic heterocycles. The molecule has 1 saturated heterocycles. The van der Waals surface area contributed by atoms with E-state index in [1.807, 2.05) is 24.3 Å². The lowest BCUT2D eigenvalue weighted by Crippen LogP contribution is -2.46. The molecular weight excluding hydrogens is 397 g/mol. The average molecular weight is 418 g/mol.